The van der Waals surface area contributed by atoms with Gasteiger partial charge in [0.15, 0.2) is 0 Å². The Morgan fingerprint density at radius 3 is 2.71 bits per heavy atom. The first-order chi connectivity index (χ1) is 12.8. The Labute approximate surface area is 177 Å². The number of piperidine rings is 1. The molecule has 5 nitrogen and oxygen atoms in total. The molecule has 3 aromatic heterocycles. The van der Waals surface area contributed by atoms with Gasteiger partial charge in [-0.25, -0.2) is 9.97 Å². The molecule has 1 fully saturated rings. The van der Waals surface area contributed by atoms with Gasteiger partial charge in [-0.05, 0) is 24.0 Å². The van der Waals surface area contributed by atoms with E-state index in [-0.39, 0.29) is 24.8 Å². The smallest absolute Gasteiger partial charge is 0.139 e. The van der Waals surface area contributed by atoms with Crippen LogP contribution in [-0.2, 0) is 6.54 Å². The number of hydrogen-bond acceptors (Lipinski definition) is 3. The minimum absolute atomic E-state index is 0. The Morgan fingerprint density at radius 2 is 1.93 bits per heavy atom. The van der Waals surface area contributed by atoms with Gasteiger partial charge >= 0.3 is 0 Å². The fraction of sp³-hybridized carbons (Fsp3) is 0.333. The summed E-state index contributed by atoms with van der Waals surface area (Å²) in [5.74, 6) is 0.576. The predicted octanol–water partition coefficient (Wildman–Crippen LogP) is 4.84. The fourth-order valence-electron chi connectivity index (χ4n) is 4.40. The second-order valence-corrected chi connectivity index (χ2v) is 7.44. The zero-order chi connectivity index (χ0) is 17.5. The molecule has 0 radical (unpaired) electrons. The van der Waals surface area contributed by atoms with Crippen molar-refractivity contribution in [2.75, 3.05) is 13.1 Å². The number of fused-ring (bicyclic) bond motifs is 3. The van der Waals surface area contributed by atoms with E-state index in [0.29, 0.717) is 12.0 Å². The predicted molar refractivity (Wildman–Crippen MR) is 118 cm³/mol. The van der Waals surface area contributed by atoms with Crippen molar-refractivity contribution in [3.8, 4) is 0 Å². The summed E-state index contributed by atoms with van der Waals surface area (Å²) in [4.78, 5) is 14.9. The zero-order valence-corrected chi connectivity index (χ0v) is 17.4. The number of benzene rings is 1. The van der Waals surface area contributed by atoms with Gasteiger partial charge in [-0.2, -0.15) is 0 Å². The van der Waals surface area contributed by atoms with E-state index >= 15 is 0 Å². The van der Waals surface area contributed by atoms with Crippen molar-refractivity contribution in [2.45, 2.75) is 25.9 Å². The zero-order valence-electron chi connectivity index (χ0n) is 15.8. The van der Waals surface area contributed by atoms with Crippen LogP contribution in [0.5, 0.6) is 0 Å². The number of nitrogens with one attached hydrogen (secondary N) is 1. The molecule has 0 bridgehead atoms. The minimum atomic E-state index is 0. The molecule has 4 aromatic rings. The van der Waals surface area contributed by atoms with Crippen LogP contribution in [0, 0.1) is 5.92 Å². The summed E-state index contributed by atoms with van der Waals surface area (Å²) >= 11 is 0. The summed E-state index contributed by atoms with van der Waals surface area (Å²) in [5.41, 5.74) is 4.53. The van der Waals surface area contributed by atoms with Gasteiger partial charge < -0.3 is 9.55 Å². The fourth-order valence-corrected chi connectivity index (χ4v) is 4.40. The first-order valence-corrected chi connectivity index (χ1v) is 9.34. The largest absolute Gasteiger partial charge is 0.346 e. The molecule has 1 N–H and O–H groups in total. The molecule has 5 rings (SSSR count). The molecule has 28 heavy (non-hydrogen) atoms. The highest BCUT2D eigenvalue weighted by atomic mass is 35.5. The minimum Gasteiger partial charge on any atom is -0.346 e. The van der Waals surface area contributed by atoms with E-state index in [0.717, 1.165) is 37.2 Å². The van der Waals surface area contributed by atoms with Crippen LogP contribution < -0.4 is 0 Å². The van der Waals surface area contributed by atoms with Crippen molar-refractivity contribution >= 4 is 46.9 Å². The molecular weight excluding hydrogens is 393 g/mol. The van der Waals surface area contributed by atoms with E-state index in [2.05, 4.69) is 67.7 Å². The number of aromatic amines is 1. The molecule has 4 heterocycles. The molecule has 1 aliphatic heterocycles. The molecule has 1 aromatic carbocycles. The van der Waals surface area contributed by atoms with Crippen LogP contribution in [0.25, 0.3) is 22.1 Å². The number of rotatable bonds is 3. The lowest BCUT2D eigenvalue weighted by molar-refractivity contribution is 0.129. The SMILES string of the molecule is C[C@@H]1CN(Cc2ccccc2)CC[C@H]1n1cnc2cnc3[nH]ccc3c21.Cl.Cl. The van der Waals surface area contributed by atoms with Crippen LogP contribution in [0.3, 0.4) is 0 Å². The summed E-state index contributed by atoms with van der Waals surface area (Å²) in [6, 6.07) is 13.4. The van der Waals surface area contributed by atoms with Gasteiger partial charge in [0.1, 0.15) is 11.2 Å². The number of pyridine rings is 1. The van der Waals surface area contributed by atoms with Crippen molar-refractivity contribution in [3.05, 3.63) is 60.7 Å². The third kappa shape index (κ3) is 3.62. The number of H-pyrrole nitrogens is 1. The monoisotopic (exact) mass is 417 g/mol. The topological polar surface area (TPSA) is 49.7 Å². The second-order valence-electron chi connectivity index (χ2n) is 7.44. The van der Waals surface area contributed by atoms with Gasteiger partial charge in [0.05, 0.1) is 18.0 Å². The van der Waals surface area contributed by atoms with Crippen LogP contribution >= 0.6 is 24.8 Å². The third-order valence-electron chi connectivity index (χ3n) is 5.67. The molecule has 0 spiro atoms. The highest BCUT2D eigenvalue weighted by Gasteiger charge is 2.28. The number of halogens is 2. The summed E-state index contributed by atoms with van der Waals surface area (Å²) in [5, 5.41) is 1.17. The van der Waals surface area contributed by atoms with E-state index in [4.69, 9.17) is 0 Å². The number of aromatic nitrogens is 4. The summed E-state index contributed by atoms with van der Waals surface area (Å²) in [6.45, 7) is 5.63. The van der Waals surface area contributed by atoms with Crippen molar-refractivity contribution in [3.63, 3.8) is 0 Å². The van der Waals surface area contributed by atoms with E-state index in [1.165, 1.54) is 16.5 Å². The number of hydrogen-bond donors (Lipinski definition) is 1. The van der Waals surface area contributed by atoms with Crippen molar-refractivity contribution in [2.24, 2.45) is 5.92 Å². The number of likely N-dealkylation sites (tertiary alicyclic amines) is 1. The van der Waals surface area contributed by atoms with Crippen molar-refractivity contribution in [1.82, 2.24) is 24.4 Å². The third-order valence-corrected chi connectivity index (χ3v) is 5.67. The highest BCUT2D eigenvalue weighted by Crippen LogP contribution is 2.33. The lowest BCUT2D eigenvalue weighted by Gasteiger charge is -2.37. The maximum Gasteiger partial charge on any atom is 0.139 e. The standard InChI is InChI=1S/C21H23N5.2ClH/c1-15-12-25(13-16-5-3-2-4-6-16)10-8-19(15)26-14-24-18-11-23-21-17(20(18)26)7-9-22-21;;/h2-7,9,11,14-15,19H,8,10,12-13H2,1H3,(H,22,23);2*1H/t15-,19-;;/m1../s1. The van der Waals surface area contributed by atoms with Crippen LogP contribution in [0.1, 0.15) is 24.9 Å². The van der Waals surface area contributed by atoms with Crippen LogP contribution in [0.15, 0.2) is 55.1 Å². The Bertz CT molecular complexity index is 1040. The van der Waals surface area contributed by atoms with Gasteiger partial charge in [-0.1, -0.05) is 37.3 Å². The molecular formula is C21H25Cl2N5. The van der Waals surface area contributed by atoms with Crippen LogP contribution in [0.2, 0.25) is 0 Å². The Balaban J connectivity index is 0.00000112. The molecule has 0 saturated carbocycles. The van der Waals surface area contributed by atoms with Gasteiger partial charge in [0.25, 0.3) is 0 Å². The number of nitrogens with zero attached hydrogens (tertiary/aromatic N) is 4. The van der Waals surface area contributed by atoms with Gasteiger partial charge in [0, 0.05) is 37.3 Å². The molecule has 7 heteroatoms. The quantitative estimate of drug-likeness (QED) is 0.518. The van der Waals surface area contributed by atoms with Gasteiger partial charge in [-0.15, -0.1) is 24.8 Å². The highest BCUT2D eigenvalue weighted by molar-refractivity contribution is 6.00. The first kappa shape index (κ1) is 20.6. The normalized spacial score (nSPS) is 20.0. The summed E-state index contributed by atoms with van der Waals surface area (Å²) in [6.07, 6.45) is 6.99. The van der Waals surface area contributed by atoms with E-state index in [1.807, 2.05) is 18.7 Å². The first-order valence-electron chi connectivity index (χ1n) is 9.34. The van der Waals surface area contributed by atoms with Gasteiger partial charge in [-0.3, -0.25) is 4.90 Å². The summed E-state index contributed by atoms with van der Waals surface area (Å²) in [7, 11) is 0. The maximum atomic E-state index is 4.62. The molecule has 0 aliphatic carbocycles. The lowest BCUT2D eigenvalue weighted by atomic mass is 9.93. The molecule has 0 amide bonds. The van der Waals surface area contributed by atoms with Crippen molar-refractivity contribution in [1.29, 1.82) is 0 Å². The van der Waals surface area contributed by atoms with Gasteiger partial charge in [0.2, 0.25) is 0 Å². The Kier molecular flexibility index (Phi) is 6.28. The van der Waals surface area contributed by atoms with E-state index in [1.54, 1.807) is 0 Å². The van der Waals surface area contributed by atoms with Crippen molar-refractivity contribution < 1.29 is 0 Å². The molecule has 2 atom stereocenters. The van der Waals surface area contributed by atoms with Crippen LogP contribution in [0.4, 0.5) is 0 Å². The maximum absolute atomic E-state index is 4.62. The number of imidazole rings is 1. The van der Waals surface area contributed by atoms with Crippen LogP contribution in [-0.4, -0.2) is 37.5 Å². The molecule has 1 saturated heterocycles. The average Bonchev–Trinajstić information content (AvgIpc) is 3.29. The molecule has 0 unspecified atom stereocenters. The second kappa shape index (κ2) is 8.52. The van der Waals surface area contributed by atoms with E-state index in [9.17, 15) is 0 Å². The Morgan fingerprint density at radius 1 is 1.11 bits per heavy atom. The van der Waals surface area contributed by atoms with E-state index < -0.39 is 0 Å². The average molecular weight is 418 g/mol. The molecule has 1 aliphatic rings. The summed E-state index contributed by atoms with van der Waals surface area (Å²) < 4.78 is 2.39. The molecule has 148 valence electrons. The Hall–Kier alpha value is -2.08. The lowest BCUT2D eigenvalue weighted by Crippen LogP contribution is -2.39.